The minimum Gasteiger partial charge on any atom is -0.340 e. The molecule has 0 radical (unpaired) electrons. The van der Waals surface area contributed by atoms with Crippen LogP contribution in [-0.4, -0.2) is 49.1 Å². The van der Waals surface area contributed by atoms with Gasteiger partial charge >= 0.3 is 0 Å². The van der Waals surface area contributed by atoms with E-state index >= 15 is 0 Å². The van der Waals surface area contributed by atoms with Gasteiger partial charge in [0.1, 0.15) is 0 Å². The highest BCUT2D eigenvalue weighted by molar-refractivity contribution is 7.99. The minimum atomic E-state index is -0.115. The summed E-state index contributed by atoms with van der Waals surface area (Å²) in [6, 6.07) is 0. The second kappa shape index (κ2) is 6.65. The number of nitrogens with zero attached hydrogens (tertiary/aromatic N) is 1. The quantitative estimate of drug-likeness (QED) is 0.632. The summed E-state index contributed by atoms with van der Waals surface area (Å²) < 4.78 is 11.0. The highest BCUT2D eigenvalue weighted by Gasteiger charge is 2.20. The van der Waals surface area contributed by atoms with Crippen LogP contribution >= 0.6 is 11.8 Å². The van der Waals surface area contributed by atoms with Gasteiger partial charge in [0.2, 0.25) is 6.41 Å². The molecule has 1 saturated heterocycles. The molecule has 13 heavy (non-hydrogen) atoms. The van der Waals surface area contributed by atoms with Crippen LogP contribution in [0.25, 0.3) is 0 Å². The van der Waals surface area contributed by atoms with E-state index < -0.39 is 0 Å². The van der Waals surface area contributed by atoms with Crippen LogP contribution in [-0.2, 0) is 9.47 Å². The van der Waals surface area contributed by atoms with Gasteiger partial charge in [0.15, 0.2) is 0 Å². The molecule has 1 aliphatic heterocycles. The average Bonchev–Trinajstić information content (AvgIpc) is 2.19. The molecule has 1 rings (SSSR count). The van der Waals surface area contributed by atoms with E-state index in [0.29, 0.717) is 13.2 Å². The average molecular weight is 205 g/mol. The Morgan fingerprint density at radius 2 is 1.69 bits per heavy atom. The first kappa shape index (κ1) is 11.3. The van der Waals surface area contributed by atoms with Crippen LogP contribution in [0.4, 0.5) is 0 Å². The molecule has 0 aliphatic carbocycles. The fourth-order valence-corrected chi connectivity index (χ4v) is 2.26. The second-order valence-electron chi connectivity index (χ2n) is 2.87. The van der Waals surface area contributed by atoms with E-state index in [1.807, 2.05) is 25.6 Å². The normalized spacial score (nSPS) is 19.6. The van der Waals surface area contributed by atoms with Crippen LogP contribution in [0.15, 0.2) is 0 Å². The van der Waals surface area contributed by atoms with Gasteiger partial charge in [-0.3, -0.25) is 4.90 Å². The zero-order chi connectivity index (χ0) is 9.52. The zero-order valence-corrected chi connectivity index (χ0v) is 9.31. The molecule has 0 amide bonds. The van der Waals surface area contributed by atoms with Gasteiger partial charge < -0.3 is 9.47 Å². The number of ether oxygens (including phenoxy) is 2. The van der Waals surface area contributed by atoms with Crippen molar-refractivity contribution in [2.75, 3.05) is 37.8 Å². The number of rotatable bonds is 5. The van der Waals surface area contributed by atoms with E-state index in [2.05, 4.69) is 4.90 Å². The van der Waals surface area contributed by atoms with Crippen LogP contribution in [0.3, 0.4) is 0 Å². The lowest BCUT2D eigenvalue weighted by atomic mass is 10.5. The Bertz CT molecular complexity index is 123. The van der Waals surface area contributed by atoms with Crippen LogP contribution < -0.4 is 0 Å². The predicted molar refractivity (Wildman–Crippen MR) is 55.9 cm³/mol. The molecule has 1 heterocycles. The number of hydrogen-bond acceptors (Lipinski definition) is 4. The molecule has 4 heteroatoms. The molecular weight excluding hydrogens is 186 g/mol. The second-order valence-corrected chi connectivity index (χ2v) is 4.09. The largest absolute Gasteiger partial charge is 0.340 e. The summed E-state index contributed by atoms with van der Waals surface area (Å²) in [5.41, 5.74) is 0. The molecule has 0 bridgehead atoms. The standard InChI is InChI=1S/C9H19NO2S/c1-3-11-9(12-4-2)10-5-7-13-8-6-10/h9H,3-8H2,1-2H3. The maximum Gasteiger partial charge on any atom is 0.218 e. The third-order valence-electron chi connectivity index (χ3n) is 1.96. The molecule has 0 spiro atoms. The van der Waals surface area contributed by atoms with Gasteiger partial charge in [-0.15, -0.1) is 0 Å². The van der Waals surface area contributed by atoms with Crippen molar-refractivity contribution >= 4 is 11.8 Å². The molecule has 78 valence electrons. The maximum atomic E-state index is 5.52. The lowest BCUT2D eigenvalue weighted by molar-refractivity contribution is -0.218. The highest BCUT2D eigenvalue weighted by Crippen LogP contribution is 2.13. The fourth-order valence-electron chi connectivity index (χ4n) is 1.33. The minimum absolute atomic E-state index is 0.115. The number of thioether (sulfide) groups is 1. The first-order chi connectivity index (χ1) is 6.38. The van der Waals surface area contributed by atoms with E-state index in [1.165, 1.54) is 11.5 Å². The van der Waals surface area contributed by atoms with Crippen LogP contribution in [0.2, 0.25) is 0 Å². The molecule has 1 aliphatic rings. The smallest absolute Gasteiger partial charge is 0.218 e. The van der Waals surface area contributed by atoms with Crippen molar-refractivity contribution in [1.29, 1.82) is 0 Å². The summed E-state index contributed by atoms with van der Waals surface area (Å²) in [5.74, 6) is 2.38. The summed E-state index contributed by atoms with van der Waals surface area (Å²) in [6.07, 6.45) is -0.115. The molecule has 0 aromatic heterocycles. The van der Waals surface area contributed by atoms with Gasteiger partial charge in [0.25, 0.3) is 0 Å². The Balaban J connectivity index is 2.32. The molecule has 0 saturated carbocycles. The summed E-state index contributed by atoms with van der Waals surface area (Å²) in [5, 5.41) is 0. The summed E-state index contributed by atoms with van der Waals surface area (Å²) in [6.45, 7) is 7.60. The summed E-state index contributed by atoms with van der Waals surface area (Å²) >= 11 is 2.00. The molecule has 3 nitrogen and oxygen atoms in total. The molecule has 0 unspecified atom stereocenters. The van der Waals surface area contributed by atoms with Gasteiger partial charge in [-0.1, -0.05) is 0 Å². The van der Waals surface area contributed by atoms with Crippen molar-refractivity contribution in [3.8, 4) is 0 Å². The summed E-state index contributed by atoms with van der Waals surface area (Å²) in [7, 11) is 0. The SMILES string of the molecule is CCOC(OCC)N1CCSCC1. The monoisotopic (exact) mass is 205 g/mol. The Kier molecular flexibility index (Phi) is 5.78. The third kappa shape index (κ3) is 3.85. The van der Waals surface area contributed by atoms with Crippen molar-refractivity contribution in [2.45, 2.75) is 20.3 Å². The van der Waals surface area contributed by atoms with Crippen molar-refractivity contribution in [2.24, 2.45) is 0 Å². The Hall–Kier alpha value is 0.230. The van der Waals surface area contributed by atoms with Crippen molar-refractivity contribution in [3.05, 3.63) is 0 Å². The van der Waals surface area contributed by atoms with Gasteiger partial charge in [0, 0.05) is 37.8 Å². The first-order valence-corrected chi connectivity index (χ1v) is 6.09. The van der Waals surface area contributed by atoms with Crippen LogP contribution in [0.5, 0.6) is 0 Å². The van der Waals surface area contributed by atoms with Crippen molar-refractivity contribution < 1.29 is 9.47 Å². The zero-order valence-electron chi connectivity index (χ0n) is 8.49. The molecule has 0 atom stereocenters. The topological polar surface area (TPSA) is 21.7 Å². The molecule has 0 N–H and O–H groups in total. The molecule has 0 aromatic carbocycles. The maximum absolute atomic E-state index is 5.52. The fraction of sp³-hybridized carbons (Fsp3) is 1.00. The van der Waals surface area contributed by atoms with E-state index in [-0.39, 0.29) is 6.41 Å². The lowest BCUT2D eigenvalue weighted by Crippen LogP contribution is -2.44. The van der Waals surface area contributed by atoms with Gasteiger partial charge in [0.05, 0.1) is 0 Å². The lowest BCUT2D eigenvalue weighted by Gasteiger charge is -2.32. The van der Waals surface area contributed by atoms with Crippen LogP contribution in [0, 0.1) is 0 Å². The Labute approximate surface area is 84.8 Å². The van der Waals surface area contributed by atoms with Gasteiger partial charge in [-0.25, -0.2) is 0 Å². The van der Waals surface area contributed by atoms with Crippen LogP contribution in [0.1, 0.15) is 13.8 Å². The van der Waals surface area contributed by atoms with E-state index in [0.717, 1.165) is 13.1 Å². The third-order valence-corrected chi connectivity index (χ3v) is 2.90. The van der Waals surface area contributed by atoms with Gasteiger partial charge in [-0.05, 0) is 13.8 Å². The van der Waals surface area contributed by atoms with Crippen molar-refractivity contribution in [1.82, 2.24) is 4.90 Å². The highest BCUT2D eigenvalue weighted by atomic mass is 32.2. The Morgan fingerprint density at radius 1 is 1.15 bits per heavy atom. The summed E-state index contributed by atoms with van der Waals surface area (Å²) in [4.78, 5) is 2.27. The predicted octanol–water partition coefficient (Wildman–Crippen LogP) is 1.39. The number of hydrogen-bond donors (Lipinski definition) is 0. The Morgan fingerprint density at radius 3 is 2.15 bits per heavy atom. The first-order valence-electron chi connectivity index (χ1n) is 4.93. The molecular formula is C9H19NO2S. The van der Waals surface area contributed by atoms with Crippen molar-refractivity contribution in [3.63, 3.8) is 0 Å². The van der Waals surface area contributed by atoms with E-state index in [4.69, 9.17) is 9.47 Å². The molecule has 1 fully saturated rings. The van der Waals surface area contributed by atoms with E-state index in [9.17, 15) is 0 Å². The van der Waals surface area contributed by atoms with E-state index in [1.54, 1.807) is 0 Å². The molecule has 0 aromatic rings. The van der Waals surface area contributed by atoms with Gasteiger partial charge in [-0.2, -0.15) is 11.8 Å².